The highest BCUT2D eigenvalue weighted by Gasteiger charge is 2.37. The van der Waals surface area contributed by atoms with Crippen LogP contribution in [0.15, 0.2) is 67.8 Å². The molecular formula is C31H31N3O2. The standard InChI is InChI=1S/C31H31N3O2/c1-5-11-27-23(6-2)30(20(3)32-27)29(35)19-33-17-16-22-12-7-8-14-25(22)28(33)18-34-21(4)24-13-9-10-15-26(24)31(34)36/h5-15,28,32H,1,4,16-19H2,2-3H3/b23-6+,27-11+. The quantitative estimate of drug-likeness (QED) is 0.546. The average Bonchev–Trinajstić information content (AvgIpc) is 3.33. The fourth-order valence-electron chi connectivity index (χ4n) is 5.65. The molecule has 1 N–H and O–H groups in total. The number of amides is 1. The second kappa shape index (κ2) is 9.59. The summed E-state index contributed by atoms with van der Waals surface area (Å²) in [5, 5.41) is 1.80. The summed E-state index contributed by atoms with van der Waals surface area (Å²) in [6, 6.07) is 15.9. The third-order valence-corrected chi connectivity index (χ3v) is 7.37. The number of nitrogens with zero attached hydrogens (tertiary/aromatic N) is 2. The molecule has 36 heavy (non-hydrogen) atoms. The molecule has 3 heterocycles. The molecule has 0 radical (unpaired) electrons. The molecule has 1 unspecified atom stereocenters. The Labute approximate surface area is 211 Å². The summed E-state index contributed by atoms with van der Waals surface area (Å²) in [6.45, 7) is 13.4. The molecule has 0 saturated carbocycles. The number of hydrogen-bond acceptors (Lipinski definition) is 3. The minimum absolute atomic E-state index is 0.0288. The second-order valence-electron chi connectivity index (χ2n) is 9.41. The molecule has 0 saturated heterocycles. The predicted octanol–water partition coefficient (Wildman–Crippen LogP) is 4.00. The van der Waals surface area contributed by atoms with Crippen molar-refractivity contribution >= 4 is 29.5 Å². The van der Waals surface area contributed by atoms with Crippen LogP contribution in [0, 0.1) is 6.92 Å². The lowest BCUT2D eigenvalue weighted by Gasteiger charge is -2.39. The highest BCUT2D eigenvalue weighted by molar-refractivity contribution is 6.08. The molecule has 2 aromatic carbocycles. The molecule has 2 aliphatic heterocycles. The molecule has 2 aliphatic rings. The van der Waals surface area contributed by atoms with Crippen molar-refractivity contribution in [2.45, 2.75) is 26.3 Å². The van der Waals surface area contributed by atoms with Crippen molar-refractivity contribution in [3.05, 3.63) is 112 Å². The highest BCUT2D eigenvalue weighted by atomic mass is 16.2. The zero-order valence-electron chi connectivity index (χ0n) is 20.9. The van der Waals surface area contributed by atoms with Gasteiger partial charge in [-0.05, 0) is 43.5 Å². The summed E-state index contributed by atoms with van der Waals surface area (Å²) < 4.78 is 0. The van der Waals surface area contributed by atoms with Crippen LogP contribution in [0.3, 0.4) is 0 Å². The molecule has 1 aromatic heterocycles. The SMILES string of the molecule is C=C/C=c1/[nH]c(C)c(C(=O)CN2CCc3ccccc3C2CN2C(=C)c3ccccc3C2=O)/c1=C/C. The van der Waals surface area contributed by atoms with Crippen molar-refractivity contribution in [1.29, 1.82) is 0 Å². The monoisotopic (exact) mass is 477 g/mol. The molecule has 0 bridgehead atoms. The number of Topliss-reactive ketones (excluding diaryl/α,β-unsaturated/α-hetero) is 1. The lowest BCUT2D eigenvalue weighted by molar-refractivity contribution is 0.0760. The van der Waals surface area contributed by atoms with E-state index in [2.05, 4.69) is 41.2 Å². The maximum atomic E-state index is 13.7. The lowest BCUT2D eigenvalue weighted by Crippen LogP contribution is -2.45. The van der Waals surface area contributed by atoms with E-state index in [0.29, 0.717) is 12.1 Å². The molecule has 182 valence electrons. The van der Waals surface area contributed by atoms with Crippen LogP contribution in [-0.4, -0.2) is 46.1 Å². The fourth-order valence-corrected chi connectivity index (χ4v) is 5.65. The van der Waals surface area contributed by atoms with Gasteiger partial charge in [-0.1, -0.05) is 67.8 Å². The van der Waals surface area contributed by atoms with Gasteiger partial charge in [0.25, 0.3) is 5.91 Å². The number of aromatic amines is 1. The summed E-state index contributed by atoms with van der Waals surface area (Å²) in [5.41, 5.74) is 6.30. The van der Waals surface area contributed by atoms with E-state index in [1.54, 1.807) is 11.0 Å². The molecular weight excluding hydrogens is 446 g/mol. The predicted molar refractivity (Wildman–Crippen MR) is 145 cm³/mol. The number of aryl methyl sites for hydroxylation is 1. The van der Waals surface area contributed by atoms with Crippen LogP contribution in [0.4, 0.5) is 0 Å². The summed E-state index contributed by atoms with van der Waals surface area (Å²) in [7, 11) is 0. The molecule has 0 fully saturated rings. The van der Waals surface area contributed by atoms with Crippen LogP contribution < -0.4 is 10.6 Å². The zero-order chi connectivity index (χ0) is 25.4. The van der Waals surface area contributed by atoms with Crippen LogP contribution in [0.2, 0.25) is 0 Å². The first-order valence-corrected chi connectivity index (χ1v) is 12.4. The third kappa shape index (κ3) is 3.95. The Bertz CT molecular complexity index is 1480. The normalized spacial score (nSPS) is 18.5. The van der Waals surface area contributed by atoms with Crippen LogP contribution in [-0.2, 0) is 6.42 Å². The third-order valence-electron chi connectivity index (χ3n) is 7.37. The highest BCUT2D eigenvalue weighted by Crippen LogP contribution is 2.36. The van der Waals surface area contributed by atoms with E-state index >= 15 is 0 Å². The Morgan fingerprint density at radius 1 is 1.14 bits per heavy atom. The van der Waals surface area contributed by atoms with E-state index < -0.39 is 0 Å². The Balaban J connectivity index is 1.49. The molecule has 1 amide bonds. The topological polar surface area (TPSA) is 56.4 Å². The molecule has 0 aliphatic carbocycles. The van der Waals surface area contributed by atoms with Crippen molar-refractivity contribution in [2.75, 3.05) is 19.6 Å². The number of carbonyl (C=O) groups is 2. The number of allylic oxidation sites excluding steroid dienone is 1. The van der Waals surface area contributed by atoms with Gasteiger partial charge in [0.2, 0.25) is 0 Å². The van der Waals surface area contributed by atoms with Gasteiger partial charge in [0, 0.05) is 51.7 Å². The number of nitrogens with one attached hydrogen (secondary N) is 1. The minimum Gasteiger partial charge on any atom is -0.358 e. The number of aromatic nitrogens is 1. The Hall–Kier alpha value is -3.96. The molecule has 1 atom stereocenters. The molecule has 5 rings (SSSR count). The summed E-state index contributed by atoms with van der Waals surface area (Å²) >= 11 is 0. The maximum Gasteiger partial charge on any atom is 0.259 e. The number of ketones is 1. The summed E-state index contributed by atoms with van der Waals surface area (Å²) in [5.74, 6) is 0.0405. The smallest absolute Gasteiger partial charge is 0.259 e. The number of benzene rings is 2. The van der Waals surface area contributed by atoms with Crippen LogP contribution >= 0.6 is 0 Å². The Kier molecular flexibility index (Phi) is 6.33. The van der Waals surface area contributed by atoms with Gasteiger partial charge in [-0.3, -0.25) is 14.5 Å². The van der Waals surface area contributed by atoms with Crippen molar-refractivity contribution in [2.24, 2.45) is 0 Å². The van der Waals surface area contributed by atoms with Crippen molar-refractivity contribution in [3.8, 4) is 0 Å². The molecule has 3 aromatic rings. The number of H-pyrrole nitrogens is 1. The van der Waals surface area contributed by atoms with E-state index in [9.17, 15) is 9.59 Å². The summed E-state index contributed by atoms with van der Waals surface area (Å²) in [6.07, 6.45) is 6.45. The van der Waals surface area contributed by atoms with Crippen molar-refractivity contribution in [1.82, 2.24) is 14.8 Å². The van der Waals surface area contributed by atoms with Crippen LogP contribution in [0.25, 0.3) is 17.8 Å². The van der Waals surface area contributed by atoms with Crippen molar-refractivity contribution in [3.63, 3.8) is 0 Å². The fraction of sp³-hybridized carbons (Fsp3) is 0.226. The summed E-state index contributed by atoms with van der Waals surface area (Å²) in [4.78, 5) is 34.3. The second-order valence-corrected chi connectivity index (χ2v) is 9.41. The van der Waals surface area contributed by atoms with Gasteiger partial charge in [-0.25, -0.2) is 0 Å². The van der Waals surface area contributed by atoms with E-state index in [4.69, 9.17) is 0 Å². The van der Waals surface area contributed by atoms with Gasteiger partial charge in [0.1, 0.15) is 0 Å². The number of fused-ring (bicyclic) bond motifs is 2. The first kappa shape index (κ1) is 23.8. The van der Waals surface area contributed by atoms with E-state index in [1.165, 1.54) is 11.1 Å². The van der Waals surface area contributed by atoms with Gasteiger partial charge in [0.05, 0.1) is 12.6 Å². The number of hydrogen-bond donors (Lipinski definition) is 1. The zero-order valence-corrected chi connectivity index (χ0v) is 20.9. The molecule has 0 spiro atoms. The average molecular weight is 478 g/mol. The van der Waals surface area contributed by atoms with Gasteiger partial charge in [-0.15, -0.1) is 0 Å². The van der Waals surface area contributed by atoms with Crippen molar-refractivity contribution < 1.29 is 9.59 Å². The molecule has 5 heteroatoms. The molecule has 5 nitrogen and oxygen atoms in total. The Morgan fingerprint density at radius 2 is 1.86 bits per heavy atom. The van der Waals surface area contributed by atoms with Gasteiger partial charge < -0.3 is 9.88 Å². The van der Waals surface area contributed by atoms with E-state index in [1.807, 2.05) is 56.3 Å². The number of rotatable bonds is 6. The van der Waals surface area contributed by atoms with Crippen LogP contribution in [0.5, 0.6) is 0 Å². The van der Waals surface area contributed by atoms with Gasteiger partial charge in [0.15, 0.2) is 5.78 Å². The first-order chi connectivity index (χ1) is 17.4. The largest absolute Gasteiger partial charge is 0.358 e. The number of carbonyl (C=O) groups excluding carboxylic acids is 2. The van der Waals surface area contributed by atoms with Gasteiger partial charge >= 0.3 is 0 Å². The van der Waals surface area contributed by atoms with E-state index in [-0.39, 0.29) is 24.3 Å². The minimum atomic E-state index is -0.110. The maximum absolute atomic E-state index is 13.7. The van der Waals surface area contributed by atoms with E-state index in [0.717, 1.165) is 46.1 Å². The lowest BCUT2D eigenvalue weighted by atomic mass is 9.91. The van der Waals surface area contributed by atoms with Crippen LogP contribution in [0.1, 0.15) is 56.1 Å². The first-order valence-electron chi connectivity index (χ1n) is 12.4. The van der Waals surface area contributed by atoms with Gasteiger partial charge in [-0.2, -0.15) is 0 Å². The Morgan fingerprint density at radius 3 is 2.58 bits per heavy atom.